The minimum absolute atomic E-state index is 0.00171. The fourth-order valence-corrected chi connectivity index (χ4v) is 2.28. The van der Waals surface area contributed by atoms with Crippen LogP contribution in [0.2, 0.25) is 0 Å². The van der Waals surface area contributed by atoms with E-state index in [0.717, 1.165) is 24.2 Å². The molecule has 106 valence electrons. The molecule has 3 nitrogen and oxygen atoms in total. The summed E-state index contributed by atoms with van der Waals surface area (Å²) in [6.07, 6.45) is 4.21. The Morgan fingerprint density at radius 3 is 2.60 bits per heavy atom. The van der Waals surface area contributed by atoms with Crippen LogP contribution in [-0.4, -0.2) is 9.78 Å². The molecule has 3 heteroatoms. The molecular weight excluding hydrogens is 248 g/mol. The molecule has 0 fully saturated rings. The van der Waals surface area contributed by atoms with Gasteiger partial charge >= 0.3 is 0 Å². The molecule has 0 bridgehead atoms. The molecule has 1 aromatic heterocycles. The summed E-state index contributed by atoms with van der Waals surface area (Å²) >= 11 is 0. The second-order valence-corrected chi connectivity index (χ2v) is 5.34. The van der Waals surface area contributed by atoms with Crippen LogP contribution in [0.1, 0.15) is 45.2 Å². The third-order valence-corrected chi connectivity index (χ3v) is 3.50. The molecule has 1 unspecified atom stereocenters. The maximum Gasteiger partial charge on any atom is 0.271 e. The van der Waals surface area contributed by atoms with Crippen molar-refractivity contribution < 1.29 is 0 Å². The number of aromatic amines is 1. The minimum atomic E-state index is 0.00171. The van der Waals surface area contributed by atoms with Crippen molar-refractivity contribution in [1.29, 1.82) is 0 Å². The average Bonchev–Trinajstić information content (AvgIpc) is 2.82. The zero-order valence-electron chi connectivity index (χ0n) is 12.4. The van der Waals surface area contributed by atoms with Crippen LogP contribution in [0, 0.1) is 0 Å². The van der Waals surface area contributed by atoms with Gasteiger partial charge in [-0.05, 0) is 38.8 Å². The largest absolute Gasteiger partial charge is 0.295 e. The van der Waals surface area contributed by atoms with E-state index in [-0.39, 0.29) is 5.56 Å². The smallest absolute Gasteiger partial charge is 0.271 e. The summed E-state index contributed by atoms with van der Waals surface area (Å²) in [5.74, 6) is 0.363. The van der Waals surface area contributed by atoms with Crippen LogP contribution in [0.5, 0.6) is 0 Å². The first-order valence-electron chi connectivity index (χ1n) is 7.12. The number of para-hydroxylation sites is 1. The molecule has 0 spiro atoms. The Balaban J connectivity index is 2.31. The summed E-state index contributed by atoms with van der Waals surface area (Å²) in [5, 5.41) is 3.25. The SMILES string of the molecule is CCC(CC=C(C)C)c1cc(=O)n(-c2ccccc2)[nH]1. The topological polar surface area (TPSA) is 37.8 Å². The maximum absolute atomic E-state index is 12.1. The zero-order valence-corrected chi connectivity index (χ0v) is 12.4. The molecule has 1 aromatic carbocycles. The van der Waals surface area contributed by atoms with E-state index in [2.05, 4.69) is 31.9 Å². The van der Waals surface area contributed by atoms with Gasteiger partial charge in [0.1, 0.15) is 0 Å². The summed E-state index contributed by atoms with van der Waals surface area (Å²) in [6.45, 7) is 6.36. The number of H-pyrrole nitrogens is 1. The fraction of sp³-hybridized carbons (Fsp3) is 0.353. The summed E-state index contributed by atoms with van der Waals surface area (Å²) in [6, 6.07) is 11.4. The van der Waals surface area contributed by atoms with E-state index in [1.165, 1.54) is 5.57 Å². The molecule has 0 saturated heterocycles. The number of hydrogen-bond acceptors (Lipinski definition) is 1. The lowest BCUT2D eigenvalue weighted by atomic mass is 9.97. The first-order chi connectivity index (χ1) is 9.61. The summed E-state index contributed by atoms with van der Waals surface area (Å²) in [7, 11) is 0. The number of benzene rings is 1. The third-order valence-electron chi connectivity index (χ3n) is 3.50. The van der Waals surface area contributed by atoms with Crippen LogP contribution in [0.25, 0.3) is 5.69 Å². The van der Waals surface area contributed by atoms with Crippen LogP contribution in [0.4, 0.5) is 0 Å². The Bertz CT molecular complexity index is 631. The normalized spacial score (nSPS) is 12.2. The molecule has 0 aliphatic heterocycles. The Morgan fingerprint density at radius 2 is 2.00 bits per heavy atom. The highest BCUT2D eigenvalue weighted by Gasteiger charge is 2.13. The Labute approximate surface area is 119 Å². The number of hydrogen-bond donors (Lipinski definition) is 1. The first kappa shape index (κ1) is 14.4. The van der Waals surface area contributed by atoms with Crippen molar-refractivity contribution in [2.75, 3.05) is 0 Å². The van der Waals surface area contributed by atoms with E-state index in [1.54, 1.807) is 10.7 Å². The van der Waals surface area contributed by atoms with E-state index < -0.39 is 0 Å². The van der Waals surface area contributed by atoms with Crippen molar-refractivity contribution in [2.24, 2.45) is 0 Å². The van der Waals surface area contributed by atoms with Gasteiger partial charge < -0.3 is 0 Å². The highest BCUT2D eigenvalue weighted by atomic mass is 16.1. The van der Waals surface area contributed by atoms with Crippen molar-refractivity contribution in [1.82, 2.24) is 9.78 Å². The predicted molar refractivity (Wildman–Crippen MR) is 83.5 cm³/mol. The molecule has 0 saturated carbocycles. The predicted octanol–water partition coefficient (Wildman–Crippen LogP) is 4.02. The Morgan fingerprint density at radius 1 is 1.30 bits per heavy atom. The number of rotatable bonds is 5. The van der Waals surface area contributed by atoms with Crippen LogP contribution < -0.4 is 5.56 Å². The summed E-state index contributed by atoms with van der Waals surface area (Å²) < 4.78 is 1.61. The molecule has 0 radical (unpaired) electrons. The van der Waals surface area contributed by atoms with Crippen LogP contribution in [0.15, 0.2) is 52.8 Å². The minimum Gasteiger partial charge on any atom is -0.295 e. The monoisotopic (exact) mass is 270 g/mol. The quantitative estimate of drug-likeness (QED) is 0.819. The molecule has 1 atom stereocenters. The molecular formula is C17H22N2O. The summed E-state index contributed by atoms with van der Waals surface area (Å²) in [5.41, 5.74) is 3.20. The van der Waals surface area contributed by atoms with Crippen molar-refractivity contribution >= 4 is 0 Å². The van der Waals surface area contributed by atoms with Crippen molar-refractivity contribution in [3.63, 3.8) is 0 Å². The van der Waals surface area contributed by atoms with E-state index in [0.29, 0.717) is 5.92 Å². The Hall–Kier alpha value is -2.03. The Kier molecular flexibility index (Phi) is 4.61. The first-order valence-corrected chi connectivity index (χ1v) is 7.12. The third kappa shape index (κ3) is 3.29. The lowest BCUT2D eigenvalue weighted by Crippen LogP contribution is -2.13. The zero-order chi connectivity index (χ0) is 14.5. The molecule has 0 amide bonds. The van der Waals surface area contributed by atoms with E-state index >= 15 is 0 Å². The second-order valence-electron chi connectivity index (χ2n) is 5.34. The van der Waals surface area contributed by atoms with Gasteiger partial charge in [-0.15, -0.1) is 0 Å². The van der Waals surface area contributed by atoms with E-state index in [9.17, 15) is 4.79 Å². The van der Waals surface area contributed by atoms with E-state index in [4.69, 9.17) is 0 Å². The molecule has 2 aromatic rings. The van der Waals surface area contributed by atoms with Gasteiger partial charge in [0.15, 0.2) is 0 Å². The number of nitrogens with one attached hydrogen (secondary N) is 1. The lowest BCUT2D eigenvalue weighted by Gasteiger charge is -2.11. The van der Waals surface area contributed by atoms with Gasteiger partial charge in [-0.3, -0.25) is 9.89 Å². The fourth-order valence-electron chi connectivity index (χ4n) is 2.28. The van der Waals surface area contributed by atoms with Gasteiger partial charge in [0.25, 0.3) is 5.56 Å². The molecule has 1 heterocycles. The number of allylic oxidation sites excluding steroid dienone is 2. The van der Waals surface area contributed by atoms with Crippen molar-refractivity contribution in [3.05, 3.63) is 64.1 Å². The molecule has 1 N–H and O–H groups in total. The van der Waals surface area contributed by atoms with Gasteiger partial charge in [-0.2, -0.15) is 0 Å². The van der Waals surface area contributed by atoms with Crippen LogP contribution in [-0.2, 0) is 0 Å². The van der Waals surface area contributed by atoms with E-state index in [1.807, 2.05) is 30.3 Å². The number of aromatic nitrogens is 2. The molecule has 20 heavy (non-hydrogen) atoms. The van der Waals surface area contributed by atoms with Crippen molar-refractivity contribution in [2.45, 2.75) is 39.5 Å². The van der Waals surface area contributed by atoms with Gasteiger partial charge in [0.2, 0.25) is 0 Å². The molecule has 2 rings (SSSR count). The molecule has 0 aliphatic rings. The lowest BCUT2D eigenvalue weighted by molar-refractivity contribution is 0.638. The molecule has 0 aliphatic carbocycles. The van der Waals surface area contributed by atoms with Gasteiger partial charge in [-0.25, -0.2) is 4.68 Å². The van der Waals surface area contributed by atoms with Gasteiger partial charge in [0, 0.05) is 17.7 Å². The maximum atomic E-state index is 12.1. The standard InChI is InChI=1S/C17H22N2O/c1-4-14(11-10-13(2)3)16-12-17(20)19(18-16)15-8-6-5-7-9-15/h5-10,12,14,18H,4,11H2,1-3H3. The second kappa shape index (κ2) is 6.42. The van der Waals surface area contributed by atoms with Gasteiger partial charge in [-0.1, -0.05) is 36.8 Å². The average molecular weight is 270 g/mol. The van der Waals surface area contributed by atoms with Gasteiger partial charge in [0.05, 0.1) is 5.69 Å². The van der Waals surface area contributed by atoms with Crippen LogP contribution >= 0.6 is 0 Å². The summed E-state index contributed by atoms with van der Waals surface area (Å²) in [4.78, 5) is 12.1. The van der Waals surface area contributed by atoms with Crippen molar-refractivity contribution in [3.8, 4) is 5.69 Å². The number of nitrogens with zero attached hydrogens (tertiary/aromatic N) is 1. The highest BCUT2D eigenvalue weighted by Crippen LogP contribution is 2.22. The van der Waals surface area contributed by atoms with Crippen LogP contribution in [0.3, 0.4) is 0 Å². The highest BCUT2D eigenvalue weighted by molar-refractivity contribution is 5.30.